The molecule has 6 heteroatoms. The van der Waals surface area contributed by atoms with Gasteiger partial charge in [0.2, 0.25) is 10.9 Å². The number of nitrogens with two attached hydrogens (primary N) is 1. The Balaban J connectivity index is 2.19. The summed E-state index contributed by atoms with van der Waals surface area (Å²) in [5, 5.41) is 0. The summed E-state index contributed by atoms with van der Waals surface area (Å²) in [6, 6.07) is 5.31. The van der Waals surface area contributed by atoms with Crippen LogP contribution < -0.4 is 15.2 Å². The summed E-state index contributed by atoms with van der Waals surface area (Å²) in [5.74, 6) is 1.37. The normalized spacial score (nSPS) is 22.7. The zero-order valence-corrected chi connectivity index (χ0v) is 11.9. The van der Waals surface area contributed by atoms with Gasteiger partial charge >= 0.3 is 0 Å². The number of anilines is 1. The Morgan fingerprint density at radius 1 is 1.42 bits per heavy atom. The molecule has 2 unspecified atom stereocenters. The van der Waals surface area contributed by atoms with E-state index in [0.29, 0.717) is 22.9 Å². The second-order valence-electron chi connectivity index (χ2n) is 5.01. The van der Waals surface area contributed by atoms with Gasteiger partial charge < -0.3 is 10.5 Å². The summed E-state index contributed by atoms with van der Waals surface area (Å²) >= 11 is 0. The highest BCUT2D eigenvalue weighted by atomic mass is 32.2. The second kappa shape index (κ2) is 6.25. The fourth-order valence-electron chi connectivity index (χ4n) is 2.53. The highest BCUT2D eigenvalue weighted by Gasteiger charge is 2.23. The van der Waals surface area contributed by atoms with Crippen molar-refractivity contribution in [2.24, 2.45) is 11.7 Å². The van der Waals surface area contributed by atoms with Gasteiger partial charge in [0.15, 0.2) is 0 Å². The largest absolute Gasteiger partial charge is 0.490 e. The van der Waals surface area contributed by atoms with E-state index in [-0.39, 0.29) is 12.6 Å². The molecule has 1 fully saturated rings. The van der Waals surface area contributed by atoms with Gasteiger partial charge in [-0.25, -0.2) is 8.42 Å². The molecule has 5 nitrogen and oxygen atoms in total. The Bertz CT molecular complexity index is 509. The van der Waals surface area contributed by atoms with E-state index in [1.165, 1.54) is 6.42 Å². The fourth-order valence-corrected chi connectivity index (χ4v) is 2.94. The van der Waals surface area contributed by atoms with Gasteiger partial charge in [0.05, 0.1) is 11.8 Å². The summed E-state index contributed by atoms with van der Waals surface area (Å²) in [5.41, 5.74) is 6.92. The van der Waals surface area contributed by atoms with Crippen LogP contribution in [0.3, 0.4) is 0 Å². The molecule has 0 heterocycles. The lowest BCUT2D eigenvalue weighted by Gasteiger charge is -2.18. The Morgan fingerprint density at radius 3 is 2.79 bits per heavy atom. The van der Waals surface area contributed by atoms with E-state index in [9.17, 15) is 8.42 Å². The van der Waals surface area contributed by atoms with Crippen LogP contribution in [0.4, 0.5) is 5.69 Å². The molecule has 0 radical (unpaired) electrons. The van der Waals surface area contributed by atoms with Crippen molar-refractivity contribution in [3.63, 3.8) is 0 Å². The van der Waals surface area contributed by atoms with Crippen molar-refractivity contribution in [3.05, 3.63) is 23.8 Å². The average molecular weight is 284 g/mol. The van der Waals surface area contributed by atoms with E-state index in [1.54, 1.807) is 12.1 Å². The van der Waals surface area contributed by atoms with Gasteiger partial charge in [0, 0.05) is 12.1 Å². The van der Waals surface area contributed by atoms with Crippen LogP contribution >= 0.6 is 0 Å². The van der Waals surface area contributed by atoms with Crippen molar-refractivity contribution in [1.29, 1.82) is 0 Å². The van der Waals surface area contributed by atoms with Gasteiger partial charge in [-0.3, -0.25) is 4.72 Å². The lowest BCUT2D eigenvalue weighted by molar-refractivity contribution is 0.203. The third kappa shape index (κ3) is 3.61. The Hall–Kier alpha value is -1.27. The van der Waals surface area contributed by atoms with E-state index in [4.69, 9.17) is 10.5 Å². The smallest absolute Gasteiger partial charge is 0.222 e. The first-order chi connectivity index (χ1) is 9.10. The molecule has 19 heavy (non-hydrogen) atoms. The minimum absolute atomic E-state index is 0.205. The Kier molecular flexibility index (Phi) is 4.66. The van der Waals surface area contributed by atoms with Crippen LogP contribution in [0.25, 0.3) is 0 Å². The number of hydrogen-bond donors (Lipinski definition) is 3. The summed E-state index contributed by atoms with van der Waals surface area (Å²) in [4.78, 5) is 0. The Morgan fingerprint density at radius 2 is 2.21 bits per heavy atom. The molecular formula is C13H20N2O3S. The maximum Gasteiger partial charge on any atom is 0.222 e. The third-order valence-corrected chi connectivity index (χ3v) is 3.91. The predicted octanol–water partition coefficient (Wildman–Crippen LogP) is 1.65. The van der Waals surface area contributed by atoms with Crippen LogP contribution in [-0.2, 0) is 17.4 Å². The number of ether oxygens (including phenoxy) is 1. The molecular weight excluding hydrogens is 264 g/mol. The van der Waals surface area contributed by atoms with Gasteiger partial charge in [-0.15, -0.1) is 0 Å². The summed E-state index contributed by atoms with van der Waals surface area (Å²) < 4.78 is 29.9. The van der Waals surface area contributed by atoms with Crippen molar-refractivity contribution in [2.75, 3.05) is 4.72 Å². The number of rotatable bonds is 5. The molecule has 1 aliphatic carbocycles. The second-order valence-corrected chi connectivity index (χ2v) is 5.75. The molecule has 0 amide bonds. The van der Waals surface area contributed by atoms with E-state index >= 15 is 0 Å². The van der Waals surface area contributed by atoms with Crippen LogP contribution in [0, 0.1) is 5.92 Å². The maximum absolute atomic E-state index is 10.8. The van der Waals surface area contributed by atoms with Crippen LogP contribution in [0.1, 0.15) is 31.7 Å². The van der Waals surface area contributed by atoms with Crippen LogP contribution in [0.15, 0.2) is 18.2 Å². The summed E-state index contributed by atoms with van der Waals surface area (Å²) in [6.45, 7) is 2.46. The SMILES string of the molecule is CC1CCC(Oc2cccc(N[SH](=O)=O)c2CN)C1. The molecule has 0 saturated heterocycles. The van der Waals surface area contributed by atoms with Crippen LogP contribution in [0.2, 0.25) is 0 Å². The minimum atomic E-state index is -2.69. The van der Waals surface area contributed by atoms with Gasteiger partial charge in [-0.2, -0.15) is 0 Å². The van der Waals surface area contributed by atoms with Crippen LogP contribution in [-0.4, -0.2) is 14.5 Å². The first kappa shape index (κ1) is 14.1. The highest BCUT2D eigenvalue weighted by Crippen LogP contribution is 2.32. The zero-order valence-electron chi connectivity index (χ0n) is 11.0. The van der Waals surface area contributed by atoms with Crippen molar-refractivity contribution in [1.82, 2.24) is 0 Å². The quantitative estimate of drug-likeness (QED) is 0.718. The summed E-state index contributed by atoms with van der Waals surface area (Å²) in [7, 11) is -2.69. The zero-order chi connectivity index (χ0) is 13.8. The standard InChI is InChI=1S/C13H20N2O3S/c1-9-5-6-10(7-9)18-13-4-2-3-12(11(13)8-14)15-19(16)17/h2-4,9-10,19H,5-8,14H2,1H3,(H,15,16,17). The average Bonchev–Trinajstić information content (AvgIpc) is 2.74. The molecule has 1 aliphatic rings. The maximum atomic E-state index is 10.8. The number of thiol groups is 1. The molecule has 0 bridgehead atoms. The van der Waals surface area contributed by atoms with E-state index in [2.05, 4.69) is 11.6 Å². The van der Waals surface area contributed by atoms with E-state index in [0.717, 1.165) is 12.8 Å². The van der Waals surface area contributed by atoms with Crippen molar-refractivity contribution in [3.8, 4) is 5.75 Å². The fraction of sp³-hybridized carbons (Fsp3) is 0.538. The molecule has 0 spiro atoms. The van der Waals surface area contributed by atoms with Gasteiger partial charge in [-0.1, -0.05) is 13.0 Å². The van der Waals surface area contributed by atoms with Crippen molar-refractivity contribution >= 4 is 16.6 Å². The first-order valence-corrected chi connectivity index (χ1v) is 7.67. The number of benzene rings is 1. The molecule has 3 N–H and O–H groups in total. The topological polar surface area (TPSA) is 81.4 Å². The van der Waals surface area contributed by atoms with E-state index in [1.807, 2.05) is 6.07 Å². The number of hydrogen-bond acceptors (Lipinski definition) is 4. The minimum Gasteiger partial charge on any atom is -0.490 e. The molecule has 1 aromatic rings. The molecule has 1 aromatic carbocycles. The third-order valence-electron chi connectivity index (χ3n) is 3.49. The molecule has 2 atom stereocenters. The highest BCUT2D eigenvalue weighted by molar-refractivity contribution is 7.73. The van der Waals surface area contributed by atoms with E-state index < -0.39 is 10.9 Å². The van der Waals surface area contributed by atoms with Crippen molar-refractivity contribution in [2.45, 2.75) is 38.8 Å². The molecule has 2 rings (SSSR count). The van der Waals surface area contributed by atoms with Gasteiger partial charge in [0.1, 0.15) is 5.75 Å². The molecule has 1 saturated carbocycles. The first-order valence-electron chi connectivity index (χ1n) is 6.49. The lowest BCUT2D eigenvalue weighted by atomic mass is 10.1. The number of nitrogens with one attached hydrogen (secondary N) is 1. The van der Waals surface area contributed by atoms with Crippen LogP contribution in [0.5, 0.6) is 5.75 Å². The molecule has 0 aromatic heterocycles. The van der Waals surface area contributed by atoms with Gasteiger partial charge in [0.25, 0.3) is 0 Å². The molecule has 0 aliphatic heterocycles. The Labute approximate surface area is 115 Å². The molecule has 106 valence electrons. The van der Waals surface area contributed by atoms with Gasteiger partial charge in [-0.05, 0) is 37.3 Å². The summed E-state index contributed by atoms with van der Waals surface area (Å²) in [6.07, 6.45) is 3.46. The monoisotopic (exact) mass is 284 g/mol. The van der Waals surface area contributed by atoms with Crippen molar-refractivity contribution < 1.29 is 13.2 Å². The lowest BCUT2D eigenvalue weighted by Crippen LogP contribution is -2.15. The predicted molar refractivity (Wildman–Crippen MR) is 75.7 cm³/mol.